The van der Waals surface area contributed by atoms with Crippen molar-refractivity contribution >= 4 is 28.4 Å². The van der Waals surface area contributed by atoms with Gasteiger partial charge < -0.3 is 11.1 Å². The third-order valence-corrected chi connectivity index (χ3v) is 6.77. The number of rotatable bonds is 4. The number of hydrogen-bond acceptors (Lipinski definition) is 6. The maximum atomic E-state index is 14.6. The Kier molecular flexibility index (Phi) is 5.20. The zero-order valence-electron chi connectivity index (χ0n) is 20.3. The quantitative estimate of drug-likeness (QED) is 0.336. The Morgan fingerprint density at radius 2 is 1.82 bits per heavy atom. The minimum absolute atomic E-state index is 0.0600. The van der Waals surface area contributed by atoms with E-state index in [1.807, 2.05) is 18.2 Å². The molecule has 3 N–H and O–H groups in total. The average molecular weight is 515 g/mol. The normalized spacial score (nSPS) is 14.1. The predicted molar refractivity (Wildman–Crippen MR) is 135 cm³/mol. The molecule has 0 unspecified atom stereocenters. The zero-order chi connectivity index (χ0) is 26.8. The fourth-order valence-electron chi connectivity index (χ4n) is 4.72. The van der Waals surface area contributed by atoms with Gasteiger partial charge in [0.1, 0.15) is 17.5 Å². The summed E-state index contributed by atoms with van der Waals surface area (Å²) in [6.07, 6.45) is 3.00. The first kappa shape index (κ1) is 23.6. The van der Waals surface area contributed by atoms with Crippen molar-refractivity contribution in [3.05, 3.63) is 89.1 Å². The molecule has 4 heterocycles. The third-order valence-electron chi connectivity index (χ3n) is 6.77. The number of carbonyl (C=O) groups excluding carboxylic acids is 1. The standard InChI is InChI=1S/C27H20F3N7O/c1-27(2)21-23(31)33-26(35-24(21)34-25(27)38)37-20-8-5-13(14-4-3-9-32-12-14)10-16(20)19(36-37)11-15-17(28)6-7-18(29)22(15)30/h3-10,12H,11H2,1-2H3,(H3,31,33,34,35,38). The lowest BCUT2D eigenvalue weighted by Gasteiger charge is -2.16. The second-order valence-corrected chi connectivity index (χ2v) is 9.54. The molecule has 38 heavy (non-hydrogen) atoms. The number of anilines is 2. The van der Waals surface area contributed by atoms with Gasteiger partial charge in [-0.25, -0.2) is 13.2 Å². The Morgan fingerprint density at radius 1 is 1.03 bits per heavy atom. The van der Waals surface area contributed by atoms with E-state index in [1.165, 1.54) is 4.68 Å². The Bertz CT molecular complexity index is 1770. The minimum Gasteiger partial charge on any atom is -0.383 e. The van der Waals surface area contributed by atoms with Gasteiger partial charge in [0.05, 0.1) is 22.2 Å². The third kappa shape index (κ3) is 3.58. The van der Waals surface area contributed by atoms with Crippen LogP contribution in [0.15, 0.2) is 54.9 Å². The Hall–Kier alpha value is -4.80. The molecular weight excluding hydrogens is 495 g/mol. The number of benzene rings is 2. The van der Waals surface area contributed by atoms with Gasteiger partial charge in [0, 0.05) is 35.3 Å². The van der Waals surface area contributed by atoms with Crippen molar-refractivity contribution in [2.45, 2.75) is 25.7 Å². The van der Waals surface area contributed by atoms with Crippen molar-refractivity contribution in [2.75, 3.05) is 11.1 Å². The van der Waals surface area contributed by atoms with E-state index in [9.17, 15) is 18.0 Å². The smallest absolute Gasteiger partial charge is 0.255 e. The van der Waals surface area contributed by atoms with Crippen LogP contribution in [-0.4, -0.2) is 30.6 Å². The second-order valence-electron chi connectivity index (χ2n) is 9.54. The van der Waals surface area contributed by atoms with Gasteiger partial charge in [-0.05, 0) is 49.7 Å². The van der Waals surface area contributed by atoms with E-state index in [0.29, 0.717) is 16.5 Å². The molecule has 2 aromatic carbocycles. The Morgan fingerprint density at radius 3 is 2.58 bits per heavy atom. The first-order valence-electron chi connectivity index (χ1n) is 11.7. The number of fused-ring (bicyclic) bond motifs is 2. The van der Waals surface area contributed by atoms with Gasteiger partial charge in [-0.1, -0.05) is 12.1 Å². The van der Waals surface area contributed by atoms with E-state index < -0.39 is 28.4 Å². The Balaban J connectivity index is 1.56. The molecule has 8 nitrogen and oxygen atoms in total. The van der Waals surface area contributed by atoms with Crippen LogP contribution < -0.4 is 11.1 Å². The fourth-order valence-corrected chi connectivity index (χ4v) is 4.72. The molecule has 0 atom stereocenters. The maximum absolute atomic E-state index is 14.6. The SMILES string of the molecule is CC1(C)C(=O)Nc2nc(-n3nc(Cc4c(F)ccc(F)c4F)c4cc(-c5cccnc5)ccc43)nc(N)c21. The fraction of sp³-hybridized carbons (Fsp3) is 0.148. The van der Waals surface area contributed by atoms with Crippen LogP contribution >= 0.6 is 0 Å². The van der Waals surface area contributed by atoms with E-state index in [-0.39, 0.29) is 35.6 Å². The van der Waals surface area contributed by atoms with Crippen molar-refractivity contribution < 1.29 is 18.0 Å². The van der Waals surface area contributed by atoms with Crippen molar-refractivity contribution in [1.29, 1.82) is 0 Å². The topological polar surface area (TPSA) is 112 Å². The number of nitrogens with two attached hydrogens (primary N) is 1. The van der Waals surface area contributed by atoms with Gasteiger partial charge in [-0.15, -0.1) is 0 Å². The van der Waals surface area contributed by atoms with E-state index in [1.54, 1.807) is 38.4 Å². The molecule has 5 aromatic rings. The highest BCUT2D eigenvalue weighted by atomic mass is 19.2. The van der Waals surface area contributed by atoms with Crippen LogP contribution in [0.5, 0.6) is 0 Å². The summed E-state index contributed by atoms with van der Waals surface area (Å²) in [5.41, 5.74) is 7.75. The van der Waals surface area contributed by atoms with Gasteiger partial charge >= 0.3 is 0 Å². The number of hydrogen-bond donors (Lipinski definition) is 2. The number of nitrogen functional groups attached to an aromatic ring is 1. The molecule has 1 aliphatic heterocycles. The van der Waals surface area contributed by atoms with Crippen molar-refractivity contribution in [2.24, 2.45) is 0 Å². The number of amides is 1. The first-order valence-corrected chi connectivity index (χ1v) is 11.7. The molecule has 0 fully saturated rings. The summed E-state index contributed by atoms with van der Waals surface area (Å²) in [5, 5.41) is 7.84. The summed E-state index contributed by atoms with van der Waals surface area (Å²) in [5.74, 6) is -3.17. The van der Waals surface area contributed by atoms with Gasteiger partial charge in [-0.3, -0.25) is 9.78 Å². The molecule has 0 aliphatic carbocycles. The molecule has 0 saturated carbocycles. The monoisotopic (exact) mass is 515 g/mol. The van der Waals surface area contributed by atoms with Crippen LogP contribution in [0, 0.1) is 17.5 Å². The lowest BCUT2D eigenvalue weighted by atomic mass is 9.87. The van der Waals surface area contributed by atoms with E-state index >= 15 is 0 Å². The largest absolute Gasteiger partial charge is 0.383 e. The van der Waals surface area contributed by atoms with Gasteiger partial charge in [0.25, 0.3) is 5.95 Å². The van der Waals surface area contributed by atoms with Crippen LogP contribution in [0.1, 0.15) is 30.7 Å². The van der Waals surface area contributed by atoms with Crippen molar-refractivity contribution in [1.82, 2.24) is 24.7 Å². The first-order chi connectivity index (χ1) is 18.1. The zero-order valence-corrected chi connectivity index (χ0v) is 20.3. The molecule has 11 heteroatoms. The molecule has 0 saturated heterocycles. The maximum Gasteiger partial charge on any atom is 0.255 e. The molecule has 0 bridgehead atoms. The molecule has 0 spiro atoms. The summed E-state index contributed by atoms with van der Waals surface area (Å²) in [4.78, 5) is 25.5. The van der Waals surface area contributed by atoms with E-state index in [2.05, 4.69) is 25.4 Å². The van der Waals surface area contributed by atoms with Gasteiger partial charge in [-0.2, -0.15) is 19.7 Å². The van der Waals surface area contributed by atoms with Gasteiger partial charge in [0.15, 0.2) is 11.6 Å². The predicted octanol–water partition coefficient (Wildman–Crippen LogP) is 4.70. The molecule has 3 aromatic heterocycles. The highest BCUT2D eigenvalue weighted by Crippen LogP contribution is 2.40. The van der Waals surface area contributed by atoms with Crippen LogP contribution in [0.2, 0.25) is 0 Å². The highest BCUT2D eigenvalue weighted by molar-refractivity contribution is 6.06. The lowest BCUT2D eigenvalue weighted by molar-refractivity contribution is -0.119. The number of nitrogens with one attached hydrogen (secondary N) is 1. The summed E-state index contributed by atoms with van der Waals surface area (Å²) < 4.78 is 44.5. The summed E-state index contributed by atoms with van der Waals surface area (Å²) in [7, 11) is 0. The van der Waals surface area contributed by atoms with E-state index in [0.717, 1.165) is 23.3 Å². The molecular formula is C27H20F3N7O. The number of aromatic nitrogens is 5. The van der Waals surface area contributed by atoms with Crippen molar-refractivity contribution in [3.63, 3.8) is 0 Å². The average Bonchev–Trinajstić information content (AvgIpc) is 3.37. The van der Waals surface area contributed by atoms with Crippen LogP contribution in [0.3, 0.4) is 0 Å². The summed E-state index contributed by atoms with van der Waals surface area (Å²) in [6.45, 7) is 3.44. The number of nitrogens with zero attached hydrogens (tertiary/aromatic N) is 5. The van der Waals surface area contributed by atoms with E-state index in [4.69, 9.17) is 5.73 Å². The van der Waals surface area contributed by atoms with Crippen LogP contribution in [0.25, 0.3) is 28.0 Å². The summed E-state index contributed by atoms with van der Waals surface area (Å²) >= 11 is 0. The number of halogens is 3. The lowest BCUT2D eigenvalue weighted by Crippen LogP contribution is -2.27. The van der Waals surface area contributed by atoms with Crippen LogP contribution in [0.4, 0.5) is 24.8 Å². The molecule has 0 radical (unpaired) electrons. The molecule has 190 valence electrons. The second kappa shape index (κ2) is 8.37. The Labute approximate surface area is 214 Å². The number of carbonyl (C=O) groups is 1. The molecule has 1 aliphatic rings. The highest BCUT2D eigenvalue weighted by Gasteiger charge is 2.42. The molecule has 6 rings (SSSR count). The van der Waals surface area contributed by atoms with Crippen molar-refractivity contribution in [3.8, 4) is 17.1 Å². The number of pyridine rings is 1. The summed E-state index contributed by atoms with van der Waals surface area (Å²) in [6, 6.07) is 10.7. The van der Waals surface area contributed by atoms with Crippen LogP contribution in [-0.2, 0) is 16.6 Å². The molecule has 1 amide bonds. The van der Waals surface area contributed by atoms with Gasteiger partial charge in [0.2, 0.25) is 5.91 Å². The minimum atomic E-state index is -1.28.